The van der Waals surface area contributed by atoms with Crippen molar-refractivity contribution in [2.24, 2.45) is 5.73 Å². The van der Waals surface area contributed by atoms with Gasteiger partial charge in [0.1, 0.15) is 0 Å². The van der Waals surface area contributed by atoms with Crippen molar-refractivity contribution in [2.45, 2.75) is 13.0 Å². The molecule has 0 aliphatic heterocycles. The molecule has 0 fully saturated rings. The third-order valence-corrected chi connectivity index (χ3v) is 1.96. The summed E-state index contributed by atoms with van der Waals surface area (Å²) in [5, 5.41) is 12.9. The molecule has 6 nitrogen and oxygen atoms in total. The van der Waals surface area contributed by atoms with E-state index in [9.17, 15) is 14.9 Å². The van der Waals surface area contributed by atoms with Gasteiger partial charge in [-0.15, -0.1) is 0 Å². The molecule has 0 aromatic heterocycles. The van der Waals surface area contributed by atoms with Gasteiger partial charge in [-0.25, -0.2) is 4.79 Å². The molecule has 80 valence electrons. The van der Waals surface area contributed by atoms with E-state index in [1.54, 1.807) is 19.1 Å². The second kappa shape index (κ2) is 4.41. The van der Waals surface area contributed by atoms with Crippen molar-refractivity contribution in [3.63, 3.8) is 0 Å². The molecule has 0 heterocycles. The summed E-state index contributed by atoms with van der Waals surface area (Å²) < 4.78 is 0. The number of benzene rings is 1. The topological polar surface area (TPSA) is 98.3 Å². The first-order valence-corrected chi connectivity index (χ1v) is 4.31. The van der Waals surface area contributed by atoms with Gasteiger partial charge in [-0.05, 0) is 12.5 Å². The highest BCUT2D eigenvalue weighted by Crippen LogP contribution is 2.16. The van der Waals surface area contributed by atoms with Crippen LogP contribution in [0.5, 0.6) is 0 Å². The number of nitrogens with zero attached hydrogens (tertiary/aromatic N) is 1. The maximum Gasteiger partial charge on any atom is 0.312 e. The molecule has 0 radical (unpaired) electrons. The predicted octanol–water partition coefficient (Wildman–Crippen LogP) is 1.32. The van der Waals surface area contributed by atoms with Crippen LogP contribution in [0.2, 0.25) is 0 Å². The molecule has 0 aliphatic carbocycles. The molecule has 1 aromatic rings. The fraction of sp³-hybridized carbons (Fsp3) is 0.222. The van der Waals surface area contributed by atoms with Crippen molar-refractivity contribution in [2.75, 3.05) is 0 Å². The number of hydrogen-bond donors (Lipinski definition) is 2. The number of non-ortho nitro benzene ring substituents is 1. The van der Waals surface area contributed by atoms with Crippen LogP contribution in [-0.2, 0) is 0 Å². The molecule has 0 spiro atoms. The molecule has 0 saturated heterocycles. The van der Waals surface area contributed by atoms with Crippen molar-refractivity contribution >= 4 is 11.7 Å². The lowest BCUT2D eigenvalue weighted by Gasteiger charge is -2.11. The van der Waals surface area contributed by atoms with Gasteiger partial charge in [-0.1, -0.05) is 12.1 Å². The number of nitrogens with two attached hydrogens (primary N) is 1. The predicted molar refractivity (Wildman–Crippen MR) is 54.2 cm³/mol. The number of hydrogen-bond acceptors (Lipinski definition) is 3. The molecule has 0 saturated carbocycles. The van der Waals surface area contributed by atoms with E-state index in [2.05, 4.69) is 5.32 Å². The summed E-state index contributed by atoms with van der Waals surface area (Å²) >= 11 is 0. The van der Waals surface area contributed by atoms with E-state index in [1.165, 1.54) is 12.1 Å². The van der Waals surface area contributed by atoms with Crippen LogP contribution in [0.4, 0.5) is 10.5 Å². The van der Waals surface area contributed by atoms with Crippen LogP contribution < -0.4 is 11.1 Å². The minimum absolute atomic E-state index is 0.0185. The Morgan fingerprint density at radius 3 is 2.40 bits per heavy atom. The van der Waals surface area contributed by atoms with Crippen molar-refractivity contribution in [3.05, 3.63) is 39.9 Å². The van der Waals surface area contributed by atoms with Gasteiger partial charge in [-0.3, -0.25) is 10.1 Å². The van der Waals surface area contributed by atoms with Gasteiger partial charge < -0.3 is 11.1 Å². The van der Waals surface area contributed by atoms with Gasteiger partial charge >= 0.3 is 6.03 Å². The summed E-state index contributed by atoms with van der Waals surface area (Å²) in [5.74, 6) is 0. The van der Waals surface area contributed by atoms with Crippen LogP contribution in [0.1, 0.15) is 18.5 Å². The maximum atomic E-state index is 10.6. The molecule has 6 heteroatoms. The van der Waals surface area contributed by atoms with Crippen molar-refractivity contribution in [1.29, 1.82) is 0 Å². The minimum Gasteiger partial charge on any atom is -0.352 e. The first-order valence-electron chi connectivity index (χ1n) is 4.31. The SMILES string of the molecule is CC(NC(N)=O)c1ccc([N+](=O)[O-])cc1. The van der Waals surface area contributed by atoms with E-state index in [0.717, 1.165) is 5.56 Å². The van der Waals surface area contributed by atoms with Crippen molar-refractivity contribution in [3.8, 4) is 0 Å². The summed E-state index contributed by atoms with van der Waals surface area (Å²) in [7, 11) is 0. The summed E-state index contributed by atoms with van der Waals surface area (Å²) in [4.78, 5) is 20.5. The first-order chi connectivity index (χ1) is 7.00. The van der Waals surface area contributed by atoms with Gasteiger partial charge in [0.2, 0.25) is 0 Å². The second-order valence-electron chi connectivity index (χ2n) is 3.08. The van der Waals surface area contributed by atoms with Crippen LogP contribution in [-0.4, -0.2) is 11.0 Å². The highest BCUT2D eigenvalue weighted by atomic mass is 16.6. The fourth-order valence-corrected chi connectivity index (χ4v) is 1.18. The monoisotopic (exact) mass is 209 g/mol. The number of nitro benzene ring substituents is 1. The minimum atomic E-state index is -0.624. The Labute approximate surface area is 86.2 Å². The van der Waals surface area contributed by atoms with Crippen LogP contribution in [0.3, 0.4) is 0 Å². The molecular weight excluding hydrogens is 198 g/mol. The molecule has 15 heavy (non-hydrogen) atoms. The Morgan fingerprint density at radius 2 is 2.00 bits per heavy atom. The Morgan fingerprint density at radius 1 is 1.47 bits per heavy atom. The van der Waals surface area contributed by atoms with Gasteiger partial charge in [0.15, 0.2) is 0 Å². The number of carbonyl (C=O) groups is 1. The summed E-state index contributed by atoms with van der Waals surface area (Å²) in [6.07, 6.45) is 0. The van der Waals surface area contributed by atoms with E-state index in [4.69, 9.17) is 5.73 Å². The number of nitrogens with one attached hydrogen (secondary N) is 1. The number of amides is 2. The molecule has 1 rings (SSSR count). The van der Waals surface area contributed by atoms with Gasteiger partial charge in [0, 0.05) is 12.1 Å². The first kappa shape index (κ1) is 11.0. The Balaban J connectivity index is 2.79. The lowest BCUT2D eigenvalue weighted by molar-refractivity contribution is -0.384. The Kier molecular flexibility index (Phi) is 3.22. The van der Waals surface area contributed by atoms with Gasteiger partial charge in [0.25, 0.3) is 5.69 Å². The molecule has 1 aromatic carbocycles. The fourth-order valence-electron chi connectivity index (χ4n) is 1.18. The van der Waals surface area contributed by atoms with Gasteiger partial charge in [-0.2, -0.15) is 0 Å². The molecule has 0 aliphatic rings. The molecule has 1 atom stereocenters. The standard InChI is InChI=1S/C9H11N3O3/c1-6(11-9(10)13)7-2-4-8(5-3-7)12(14)15/h2-6H,1H3,(H3,10,11,13). The number of urea groups is 1. The van der Waals surface area contributed by atoms with Crippen LogP contribution in [0.15, 0.2) is 24.3 Å². The molecule has 2 amide bonds. The van der Waals surface area contributed by atoms with E-state index >= 15 is 0 Å². The third kappa shape index (κ3) is 2.94. The van der Waals surface area contributed by atoms with Crippen molar-refractivity contribution < 1.29 is 9.72 Å². The van der Waals surface area contributed by atoms with E-state index in [0.29, 0.717) is 0 Å². The Hall–Kier alpha value is -2.11. The van der Waals surface area contributed by atoms with Crippen molar-refractivity contribution in [1.82, 2.24) is 5.32 Å². The zero-order valence-electron chi connectivity index (χ0n) is 8.14. The zero-order chi connectivity index (χ0) is 11.4. The lowest BCUT2D eigenvalue weighted by Crippen LogP contribution is -2.31. The normalized spacial score (nSPS) is 11.8. The quantitative estimate of drug-likeness (QED) is 0.580. The van der Waals surface area contributed by atoms with E-state index < -0.39 is 11.0 Å². The number of primary amides is 1. The van der Waals surface area contributed by atoms with Crippen LogP contribution in [0.25, 0.3) is 0 Å². The van der Waals surface area contributed by atoms with E-state index in [-0.39, 0.29) is 11.7 Å². The van der Waals surface area contributed by atoms with Gasteiger partial charge in [0.05, 0.1) is 11.0 Å². The number of nitro groups is 1. The van der Waals surface area contributed by atoms with Crippen LogP contribution in [0, 0.1) is 10.1 Å². The molecule has 3 N–H and O–H groups in total. The summed E-state index contributed by atoms with van der Waals surface area (Å²) in [5.41, 5.74) is 5.73. The molecule has 0 bridgehead atoms. The average molecular weight is 209 g/mol. The van der Waals surface area contributed by atoms with E-state index in [1.807, 2.05) is 0 Å². The zero-order valence-corrected chi connectivity index (χ0v) is 8.14. The smallest absolute Gasteiger partial charge is 0.312 e. The average Bonchev–Trinajstić information content (AvgIpc) is 2.17. The maximum absolute atomic E-state index is 10.6. The summed E-state index contributed by atoms with van der Waals surface area (Å²) in [6, 6.07) is 5.05. The highest BCUT2D eigenvalue weighted by molar-refractivity contribution is 5.72. The second-order valence-corrected chi connectivity index (χ2v) is 3.08. The number of carbonyl (C=O) groups excluding carboxylic acids is 1. The number of rotatable bonds is 3. The molecule has 1 unspecified atom stereocenters. The van der Waals surface area contributed by atoms with Crippen LogP contribution >= 0.6 is 0 Å². The Bertz CT molecular complexity index is 375. The molecular formula is C9H11N3O3. The highest BCUT2D eigenvalue weighted by Gasteiger charge is 2.09. The largest absolute Gasteiger partial charge is 0.352 e. The third-order valence-electron chi connectivity index (χ3n) is 1.96. The summed E-state index contributed by atoms with van der Waals surface area (Å²) in [6.45, 7) is 1.74. The lowest BCUT2D eigenvalue weighted by atomic mass is 10.1.